The normalized spacial score (nSPS) is 14.6. The maximum atomic E-state index is 12.8. The van der Waals surface area contributed by atoms with E-state index in [1.54, 1.807) is 0 Å². The minimum absolute atomic E-state index is 0.0530. The Kier molecular flexibility index (Phi) is 5.62. The minimum atomic E-state index is -4.49. The largest absolute Gasteiger partial charge is 0.497 e. The summed E-state index contributed by atoms with van der Waals surface area (Å²) in [4.78, 5) is 51.1. The first-order chi connectivity index (χ1) is 14.4. The molecular weight excluding hydrogens is 419 g/mol. The van der Waals surface area contributed by atoms with Crippen LogP contribution in [0.3, 0.4) is 0 Å². The van der Waals surface area contributed by atoms with Crippen molar-refractivity contribution in [2.45, 2.75) is 26.6 Å². The Bertz CT molecular complexity index is 1070. The fourth-order valence-corrected chi connectivity index (χ4v) is 3.34. The summed E-state index contributed by atoms with van der Waals surface area (Å²) in [7, 11) is 1.43. The second-order valence-corrected chi connectivity index (χ2v) is 6.92. The van der Waals surface area contributed by atoms with Crippen LogP contribution in [-0.2, 0) is 16.1 Å². The van der Waals surface area contributed by atoms with Gasteiger partial charge >= 0.3 is 24.0 Å². The SMILES string of the molecule is COc1ccc(N2C(=O)C(=O)N(CC(=O)c3cc(C)n(CC(F)(F)F)c3C)C2=O)cc1. The summed E-state index contributed by atoms with van der Waals surface area (Å²) in [6.07, 6.45) is -4.49. The number of halogens is 3. The maximum Gasteiger partial charge on any atom is 0.406 e. The zero-order valence-electron chi connectivity index (χ0n) is 16.8. The van der Waals surface area contributed by atoms with Crippen molar-refractivity contribution in [3.8, 4) is 5.75 Å². The molecule has 8 nitrogen and oxygen atoms in total. The van der Waals surface area contributed by atoms with Gasteiger partial charge in [0.2, 0.25) is 0 Å². The lowest BCUT2D eigenvalue weighted by atomic mass is 10.1. The molecule has 2 heterocycles. The van der Waals surface area contributed by atoms with Crippen molar-refractivity contribution in [2.24, 2.45) is 0 Å². The molecule has 31 heavy (non-hydrogen) atoms. The summed E-state index contributed by atoms with van der Waals surface area (Å²) >= 11 is 0. The lowest BCUT2D eigenvalue weighted by Crippen LogP contribution is -2.37. The number of carbonyl (C=O) groups is 4. The molecule has 1 aliphatic rings. The smallest absolute Gasteiger partial charge is 0.406 e. The Morgan fingerprint density at radius 1 is 1.03 bits per heavy atom. The zero-order chi connectivity index (χ0) is 23.1. The number of methoxy groups -OCH3 is 1. The van der Waals surface area contributed by atoms with Gasteiger partial charge in [0.25, 0.3) is 0 Å². The highest BCUT2D eigenvalue weighted by Crippen LogP contribution is 2.26. The van der Waals surface area contributed by atoms with Crippen molar-refractivity contribution in [1.82, 2.24) is 9.47 Å². The highest BCUT2D eigenvalue weighted by atomic mass is 19.4. The van der Waals surface area contributed by atoms with E-state index in [1.807, 2.05) is 0 Å². The molecule has 3 rings (SSSR count). The summed E-state index contributed by atoms with van der Waals surface area (Å²) in [5.41, 5.74) is 0.311. The summed E-state index contributed by atoms with van der Waals surface area (Å²) in [5.74, 6) is -2.62. The van der Waals surface area contributed by atoms with Gasteiger partial charge in [-0.3, -0.25) is 14.4 Å². The van der Waals surface area contributed by atoms with Crippen molar-refractivity contribution in [3.63, 3.8) is 0 Å². The molecule has 1 aromatic heterocycles. The third-order valence-corrected chi connectivity index (χ3v) is 4.90. The Hall–Kier alpha value is -3.63. The third kappa shape index (κ3) is 4.16. The predicted octanol–water partition coefficient (Wildman–Crippen LogP) is 2.85. The van der Waals surface area contributed by atoms with Crippen LogP contribution in [0.4, 0.5) is 23.7 Å². The molecule has 1 aromatic carbocycles. The second-order valence-electron chi connectivity index (χ2n) is 6.92. The number of aromatic nitrogens is 1. The van der Waals surface area contributed by atoms with E-state index < -0.39 is 42.9 Å². The van der Waals surface area contributed by atoms with Crippen molar-refractivity contribution in [2.75, 3.05) is 18.6 Å². The molecule has 0 radical (unpaired) electrons. The lowest BCUT2D eigenvalue weighted by Gasteiger charge is -2.15. The first kappa shape index (κ1) is 22.1. The monoisotopic (exact) mass is 437 g/mol. The number of rotatable bonds is 6. The molecule has 1 aliphatic heterocycles. The lowest BCUT2D eigenvalue weighted by molar-refractivity contribution is -0.141. The molecule has 2 aromatic rings. The van der Waals surface area contributed by atoms with Crippen molar-refractivity contribution < 1.29 is 37.1 Å². The summed E-state index contributed by atoms with van der Waals surface area (Å²) in [6, 6.07) is 6.03. The molecule has 0 unspecified atom stereocenters. The van der Waals surface area contributed by atoms with E-state index in [4.69, 9.17) is 4.74 Å². The Morgan fingerprint density at radius 2 is 1.65 bits per heavy atom. The van der Waals surface area contributed by atoms with E-state index in [0.717, 1.165) is 4.57 Å². The number of nitrogens with zero attached hydrogens (tertiary/aromatic N) is 3. The van der Waals surface area contributed by atoms with Crippen LogP contribution in [0.25, 0.3) is 0 Å². The van der Waals surface area contributed by atoms with E-state index in [1.165, 1.54) is 51.3 Å². The number of hydrogen-bond donors (Lipinski definition) is 0. The number of hydrogen-bond acceptors (Lipinski definition) is 5. The summed E-state index contributed by atoms with van der Waals surface area (Å²) in [6.45, 7) is 0.709. The number of ether oxygens (including phenoxy) is 1. The predicted molar refractivity (Wildman–Crippen MR) is 102 cm³/mol. The molecule has 11 heteroatoms. The molecule has 1 fully saturated rings. The molecule has 0 N–H and O–H groups in total. The van der Waals surface area contributed by atoms with E-state index in [2.05, 4.69) is 0 Å². The molecule has 0 spiro atoms. The number of aryl methyl sites for hydroxylation is 1. The first-order valence-electron chi connectivity index (χ1n) is 9.05. The average molecular weight is 437 g/mol. The molecule has 0 atom stereocenters. The van der Waals surface area contributed by atoms with Crippen LogP contribution in [0.5, 0.6) is 5.75 Å². The molecule has 0 bridgehead atoms. The first-order valence-corrected chi connectivity index (χ1v) is 9.05. The fourth-order valence-electron chi connectivity index (χ4n) is 3.34. The highest BCUT2D eigenvalue weighted by Gasteiger charge is 2.46. The quantitative estimate of drug-likeness (QED) is 0.394. The van der Waals surface area contributed by atoms with Crippen LogP contribution in [0.1, 0.15) is 21.7 Å². The standard InChI is InChI=1S/C20H18F3N3O5/c1-11-8-15(12(2)25(11)10-20(21,22)23)16(27)9-24-17(28)18(29)26(19(24)30)13-4-6-14(31-3)7-5-13/h4-8H,9-10H2,1-3H3. The summed E-state index contributed by atoms with van der Waals surface area (Å²) < 4.78 is 44.3. The van der Waals surface area contributed by atoms with Gasteiger partial charge in [0.05, 0.1) is 19.3 Å². The highest BCUT2D eigenvalue weighted by molar-refractivity contribution is 6.53. The Balaban J connectivity index is 1.83. The van der Waals surface area contributed by atoms with Gasteiger partial charge in [0.1, 0.15) is 12.3 Å². The average Bonchev–Trinajstić information content (AvgIpc) is 3.09. The van der Waals surface area contributed by atoms with E-state index in [-0.39, 0.29) is 22.6 Å². The van der Waals surface area contributed by atoms with Crippen molar-refractivity contribution in [3.05, 3.63) is 47.3 Å². The Labute approximate surface area is 174 Å². The van der Waals surface area contributed by atoms with Gasteiger partial charge in [-0.25, -0.2) is 14.6 Å². The van der Waals surface area contributed by atoms with Crippen LogP contribution < -0.4 is 9.64 Å². The van der Waals surface area contributed by atoms with Crippen LogP contribution in [-0.4, -0.2) is 52.9 Å². The number of alkyl halides is 3. The topological polar surface area (TPSA) is 88.9 Å². The van der Waals surface area contributed by atoms with E-state index >= 15 is 0 Å². The number of benzene rings is 1. The number of anilines is 1. The van der Waals surface area contributed by atoms with Gasteiger partial charge in [-0.2, -0.15) is 13.2 Å². The molecular formula is C20H18F3N3O5. The van der Waals surface area contributed by atoms with Crippen LogP contribution in [0.2, 0.25) is 0 Å². The van der Waals surface area contributed by atoms with Gasteiger partial charge in [0, 0.05) is 17.0 Å². The van der Waals surface area contributed by atoms with Crippen molar-refractivity contribution in [1.29, 1.82) is 0 Å². The van der Waals surface area contributed by atoms with E-state index in [9.17, 15) is 32.3 Å². The Morgan fingerprint density at radius 3 is 2.19 bits per heavy atom. The summed E-state index contributed by atoms with van der Waals surface area (Å²) in [5, 5.41) is 0. The molecule has 1 saturated heterocycles. The number of amides is 4. The van der Waals surface area contributed by atoms with E-state index in [0.29, 0.717) is 15.5 Å². The third-order valence-electron chi connectivity index (χ3n) is 4.90. The second kappa shape index (κ2) is 7.89. The zero-order valence-corrected chi connectivity index (χ0v) is 16.8. The molecule has 0 saturated carbocycles. The maximum absolute atomic E-state index is 12.8. The van der Waals surface area contributed by atoms with Gasteiger partial charge in [-0.15, -0.1) is 0 Å². The van der Waals surface area contributed by atoms with Crippen molar-refractivity contribution >= 4 is 29.3 Å². The molecule has 4 amide bonds. The van der Waals surface area contributed by atoms with Crippen LogP contribution in [0, 0.1) is 13.8 Å². The number of urea groups is 1. The van der Waals surface area contributed by atoms with Gasteiger partial charge in [-0.05, 0) is 44.2 Å². The fraction of sp³-hybridized carbons (Fsp3) is 0.300. The molecule has 0 aliphatic carbocycles. The number of ketones is 1. The van der Waals surface area contributed by atoms with Gasteiger partial charge in [-0.1, -0.05) is 0 Å². The number of Topliss-reactive ketones (excluding diaryl/α,β-unsaturated/α-hetero) is 1. The number of carbonyl (C=O) groups excluding carboxylic acids is 4. The van der Waals surface area contributed by atoms with Gasteiger partial charge in [0.15, 0.2) is 5.78 Å². The molecule has 164 valence electrons. The number of imide groups is 2. The van der Waals surface area contributed by atoms with Crippen LogP contribution in [0.15, 0.2) is 30.3 Å². The minimum Gasteiger partial charge on any atom is -0.497 e. The van der Waals surface area contributed by atoms with Gasteiger partial charge < -0.3 is 9.30 Å². The van der Waals surface area contributed by atoms with Crippen LogP contribution >= 0.6 is 0 Å².